The first-order chi connectivity index (χ1) is 15.7. The Bertz CT molecular complexity index is 895. The highest BCUT2D eigenvalue weighted by atomic mass is 19.3. The number of ether oxygens (including phenoxy) is 4. The van der Waals surface area contributed by atoms with Gasteiger partial charge in [0.25, 0.3) is 0 Å². The molecule has 180 valence electrons. The SMILES string of the molecule is COC(=O)CN1CCC(C#N)(c2ccc(OC(F)F)c(O[C@H]3CC[C@H](OC(C)=O)C3)c2)CC1. The summed E-state index contributed by atoms with van der Waals surface area (Å²) in [5.41, 5.74) is -0.196. The monoisotopic (exact) mass is 466 g/mol. The molecule has 0 radical (unpaired) electrons. The van der Waals surface area contributed by atoms with Crippen molar-refractivity contribution in [2.75, 3.05) is 26.7 Å². The van der Waals surface area contributed by atoms with Crippen molar-refractivity contribution in [1.82, 2.24) is 4.90 Å². The number of carbonyl (C=O) groups is 2. The third-order valence-electron chi connectivity index (χ3n) is 6.18. The van der Waals surface area contributed by atoms with Crippen LogP contribution < -0.4 is 9.47 Å². The van der Waals surface area contributed by atoms with Gasteiger partial charge in [-0.1, -0.05) is 6.07 Å². The molecule has 1 saturated heterocycles. The summed E-state index contributed by atoms with van der Waals surface area (Å²) in [7, 11) is 1.33. The fraction of sp³-hybridized carbons (Fsp3) is 0.609. The maximum Gasteiger partial charge on any atom is 0.387 e. The molecule has 1 aliphatic carbocycles. The van der Waals surface area contributed by atoms with Gasteiger partial charge in [-0.2, -0.15) is 14.0 Å². The number of hydrogen-bond donors (Lipinski definition) is 0. The molecule has 1 aromatic rings. The number of carbonyl (C=O) groups excluding carboxylic acids is 2. The van der Waals surface area contributed by atoms with E-state index in [0.717, 1.165) is 0 Å². The second-order valence-electron chi connectivity index (χ2n) is 8.37. The Morgan fingerprint density at radius 3 is 2.52 bits per heavy atom. The van der Waals surface area contributed by atoms with Crippen molar-refractivity contribution >= 4 is 11.9 Å². The van der Waals surface area contributed by atoms with E-state index in [-0.39, 0.29) is 42.2 Å². The molecule has 3 rings (SSSR count). The van der Waals surface area contributed by atoms with Crippen molar-refractivity contribution in [1.29, 1.82) is 5.26 Å². The zero-order valence-electron chi connectivity index (χ0n) is 18.7. The topological polar surface area (TPSA) is 98.1 Å². The molecule has 1 aliphatic heterocycles. The van der Waals surface area contributed by atoms with Gasteiger partial charge in [0, 0.05) is 26.4 Å². The van der Waals surface area contributed by atoms with E-state index in [0.29, 0.717) is 50.8 Å². The molecular weight excluding hydrogens is 438 g/mol. The number of piperidine rings is 1. The number of hydrogen-bond acceptors (Lipinski definition) is 8. The molecule has 0 bridgehead atoms. The standard InChI is InChI=1S/C23H28F2N2O6/c1-15(28)31-17-4-5-18(12-17)32-20-11-16(3-6-19(20)33-22(24)25)23(14-26)7-9-27(10-8-23)13-21(29)30-2/h3,6,11,17-18,22H,4-5,7-10,12-13H2,1-2H3/t17-,18-/m0/s1. The Hall–Kier alpha value is -2.93. The number of benzene rings is 1. The highest BCUT2D eigenvalue weighted by Gasteiger charge is 2.38. The Morgan fingerprint density at radius 2 is 1.91 bits per heavy atom. The average molecular weight is 466 g/mol. The van der Waals surface area contributed by atoms with Gasteiger partial charge in [-0.25, -0.2) is 0 Å². The summed E-state index contributed by atoms with van der Waals surface area (Å²) in [5, 5.41) is 10.0. The maximum atomic E-state index is 13.0. The molecule has 1 heterocycles. The van der Waals surface area contributed by atoms with E-state index >= 15 is 0 Å². The van der Waals surface area contributed by atoms with Gasteiger partial charge in [0.1, 0.15) is 12.2 Å². The lowest BCUT2D eigenvalue weighted by molar-refractivity contribution is -0.146. The lowest BCUT2D eigenvalue weighted by Gasteiger charge is -2.37. The highest BCUT2D eigenvalue weighted by Crippen LogP contribution is 2.41. The lowest BCUT2D eigenvalue weighted by Crippen LogP contribution is -2.44. The molecule has 33 heavy (non-hydrogen) atoms. The van der Waals surface area contributed by atoms with Crippen LogP contribution in [0.15, 0.2) is 18.2 Å². The summed E-state index contributed by atoms with van der Waals surface area (Å²) in [6.45, 7) is -0.508. The number of nitrogens with zero attached hydrogens (tertiary/aromatic N) is 2. The molecule has 8 nitrogen and oxygen atoms in total. The summed E-state index contributed by atoms with van der Waals surface area (Å²) in [5.74, 6) is -0.695. The number of likely N-dealkylation sites (tertiary alicyclic amines) is 1. The number of alkyl halides is 2. The van der Waals surface area contributed by atoms with Crippen LogP contribution in [-0.4, -0.2) is 62.4 Å². The smallest absolute Gasteiger partial charge is 0.387 e. The minimum atomic E-state index is -3.03. The number of halogens is 2. The van der Waals surface area contributed by atoms with Crippen molar-refractivity contribution in [3.05, 3.63) is 23.8 Å². The van der Waals surface area contributed by atoms with Crippen LogP contribution in [0.1, 0.15) is 44.6 Å². The molecule has 2 aliphatic rings. The molecule has 10 heteroatoms. The summed E-state index contributed by atoms with van der Waals surface area (Å²) in [6, 6.07) is 6.99. The zero-order chi connectivity index (χ0) is 24.0. The molecule has 2 fully saturated rings. The number of methoxy groups -OCH3 is 1. The van der Waals surface area contributed by atoms with Gasteiger partial charge in [-0.05, 0) is 43.4 Å². The van der Waals surface area contributed by atoms with E-state index in [1.165, 1.54) is 20.1 Å². The van der Waals surface area contributed by atoms with Gasteiger partial charge < -0.3 is 18.9 Å². The number of rotatable bonds is 8. The molecule has 0 amide bonds. The Kier molecular flexibility index (Phi) is 8.08. The molecule has 0 aromatic heterocycles. The lowest BCUT2D eigenvalue weighted by atomic mass is 9.74. The maximum absolute atomic E-state index is 13.0. The molecule has 0 spiro atoms. The van der Waals surface area contributed by atoms with Crippen molar-refractivity contribution < 1.29 is 37.3 Å². The van der Waals surface area contributed by atoms with Gasteiger partial charge in [0.2, 0.25) is 0 Å². The van der Waals surface area contributed by atoms with E-state index in [4.69, 9.17) is 14.2 Å². The van der Waals surface area contributed by atoms with Crippen LogP contribution in [0.5, 0.6) is 11.5 Å². The summed E-state index contributed by atoms with van der Waals surface area (Å²) < 4.78 is 46.5. The van der Waals surface area contributed by atoms with Crippen molar-refractivity contribution in [2.24, 2.45) is 0 Å². The third-order valence-corrected chi connectivity index (χ3v) is 6.18. The van der Waals surface area contributed by atoms with Crippen LogP contribution in [0.3, 0.4) is 0 Å². The first-order valence-electron chi connectivity index (χ1n) is 10.9. The van der Waals surface area contributed by atoms with Gasteiger partial charge >= 0.3 is 18.6 Å². The van der Waals surface area contributed by atoms with Gasteiger partial charge in [0.15, 0.2) is 11.5 Å². The van der Waals surface area contributed by atoms with Crippen LogP contribution in [0.25, 0.3) is 0 Å². The zero-order valence-corrected chi connectivity index (χ0v) is 18.7. The summed E-state index contributed by atoms with van der Waals surface area (Å²) in [4.78, 5) is 24.7. The number of esters is 2. The largest absolute Gasteiger partial charge is 0.486 e. The van der Waals surface area contributed by atoms with Gasteiger partial charge in [0.05, 0.1) is 25.1 Å². The van der Waals surface area contributed by atoms with E-state index in [1.54, 1.807) is 12.1 Å². The Balaban J connectivity index is 1.78. The Morgan fingerprint density at radius 1 is 1.21 bits per heavy atom. The minimum Gasteiger partial charge on any atom is -0.486 e. The summed E-state index contributed by atoms with van der Waals surface area (Å²) >= 11 is 0. The van der Waals surface area contributed by atoms with Crippen molar-refractivity contribution in [3.63, 3.8) is 0 Å². The van der Waals surface area contributed by atoms with E-state index in [1.807, 2.05) is 4.90 Å². The first kappa shape index (κ1) is 24.7. The van der Waals surface area contributed by atoms with Crippen LogP contribution in [0.4, 0.5) is 8.78 Å². The molecule has 0 N–H and O–H groups in total. The van der Waals surface area contributed by atoms with E-state index in [9.17, 15) is 23.6 Å². The first-order valence-corrected chi connectivity index (χ1v) is 10.9. The molecule has 1 aromatic carbocycles. The van der Waals surface area contributed by atoms with Crippen molar-refractivity contribution in [3.8, 4) is 17.6 Å². The fourth-order valence-electron chi connectivity index (χ4n) is 4.43. The molecular formula is C23H28F2N2O6. The highest BCUT2D eigenvalue weighted by molar-refractivity contribution is 5.71. The van der Waals surface area contributed by atoms with Gasteiger partial charge in [-0.15, -0.1) is 0 Å². The van der Waals surface area contributed by atoms with Crippen LogP contribution in [0, 0.1) is 11.3 Å². The van der Waals surface area contributed by atoms with Crippen LogP contribution in [-0.2, 0) is 24.5 Å². The van der Waals surface area contributed by atoms with E-state index < -0.39 is 12.0 Å². The van der Waals surface area contributed by atoms with Crippen LogP contribution >= 0.6 is 0 Å². The molecule has 1 saturated carbocycles. The predicted molar refractivity (Wildman–Crippen MR) is 112 cm³/mol. The fourth-order valence-corrected chi connectivity index (χ4v) is 4.43. The van der Waals surface area contributed by atoms with Gasteiger partial charge in [-0.3, -0.25) is 14.5 Å². The summed E-state index contributed by atoms with van der Waals surface area (Å²) in [6.07, 6.45) is 1.99. The normalized spacial score (nSPS) is 22.4. The Labute approximate surface area is 191 Å². The minimum absolute atomic E-state index is 0.110. The third kappa shape index (κ3) is 6.32. The number of nitriles is 1. The quantitative estimate of drug-likeness (QED) is 0.539. The van der Waals surface area contributed by atoms with Crippen LogP contribution in [0.2, 0.25) is 0 Å². The second-order valence-corrected chi connectivity index (χ2v) is 8.37. The van der Waals surface area contributed by atoms with Crippen molar-refractivity contribution in [2.45, 2.75) is 63.3 Å². The second kappa shape index (κ2) is 10.8. The predicted octanol–water partition coefficient (Wildman–Crippen LogP) is 3.18. The molecule has 2 atom stereocenters. The van der Waals surface area contributed by atoms with E-state index in [2.05, 4.69) is 10.8 Å². The average Bonchev–Trinajstić information content (AvgIpc) is 3.21. The molecule has 0 unspecified atom stereocenters.